The molecular weight excluding hydrogens is 392 g/mol. The van der Waals surface area contributed by atoms with E-state index in [1.54, 1.807) is 19.1 Å². The third-order valence-corrected chi connectivity index (χ3v) is 5.38. The molecule has 1 amide bonds. The van der Waals surface area contributed by atoms with Gasteiger partial charge in [-0.2, -0.15) is 0 Å². The highest BCUT2D eigenvalue weighted by Gasteiger charge is 2.29. The molecule has 0 saturated carbocycles. The van der Waals surface area contributed by atoms with E-state index in [9.17, 15) is 14.7 Å². The number of carbonyl (C=O) groups is 2. The van der Waals surface area contributed by atoms with Crippen molar-refractivity contribution >= 4 is 34.4 Å². The zero-order chi connectivity index (χ0) is 22.0. The first kappa shape index (κ1) is 20.6. The average molecular weight is 416 g/mol. The van der Waals surface area contributed by atoms with Gasteiger partial charge in [0.2, 0.25) is 0 Å². The summed E-state index contributed by atoms with van der Waals surface area (Å²) in [5, 5.41) is 12.9. The van der Waals surface area contributed by atoms with Crippen molar-refractivity contribution in [1.82, 2.24) is 10.3 Å². The maximum absolute atomic E-state index is 13.2. The Bertz CT molecular complexity index is 1180. The van der Waals surface area contributed by atoms with Crippen molar-refractivity contribution in [3.8, 4) is 5.75 Å². The van der Waals surface area contributed by atoms with Crippen molar-refractivity contribution in [1.29, 1.82) is 0 Å². The summed E-state index contributed by atoms with van der Waals surface area (Å²) in [7, 11) is 0. The number of benzene rings is 2. The molecule has 0 bridgehead atoms. The van der Waals surface area contributed by atoms with Crippen LogP contribution in [-0.4, -0.2) is 34.6 Å². The monoisotopic (exact) mass is 416 g/mol. The molecule has 2 aromatic carbocycles. The number of nitrogens with one attached hydrogen (secondary N) is 1. The summed E-state index contributed by atoms with van der Waals surface area (Å²) in [6.45, 7) is 3.86. The fourth-order valence-electron chi connectivity index (χ4n) is 3.87. The highest BCUT2D eigenvalue weighted by atomic mass is 16.5. The molecule has 1 aliphatic carbocycles. The number of rotatable bonds is 5. The number of aromatic nitrogens is 1. The third kappa shape index (κ3) is 4.14. The zero-order valence-corrected chi connectivity index (χ0v) is 17.5. The van der Waals surface area contributed by atoms with Gasteiger partial charge in [0.1, 0.15) is 5.75 Å². The second-order valence-corrected chi connectivity index (χ2v) is 7.53. The third-order valence-electron chi connectivity index (χ3n) is 5.38. The maximum Gasteiger partial charge on any atom is 0.339 e. The minimum absolute atomic E-state index is 0.212. The van der Waals surface area contributed by atoms with Crippen LogP contribution in [0.3, 0.4) is 0 Å². The van der Waals surface area contributed by atoms with E-state index in [1.807, 2.05) is 49.4 Å². The fourth-order valence-corrected chi connectivity index (χ4v) is 3.87. The minimum atomic E-state index is -0.886. The SMILES string of the molecule is CCNC(=O)C(C)OC(=O)c1c2c(nc3ccccc13)/C(=C/c1ccc(O)cc1)CC2. The van der Waals surface area contributed by atoms with Crippen LogP contribution in [0.1, 0.15) is 47.4 Å². The van der Waals surface area contributed by atoms with E-state index >= 15 is 0 Å². The summed E-state index contributed by atoms with van der Waals surface area (Å²) in [6, 6.07) is 14.4. The molecule has 0 radical (unpaired) electrons. The molecule has 3 aromatic rings. The van der Waals surface area contributed by atoms with Crippen molar-refractivity contribution in [3.05, 3.63) is 70.9 Å². The van der Waals surface area contributed by atoms with Gasteiger partial charge in [0.25, 0.3) is 5.91 Å². The molecular formula is C25H24N2O4. The highest BCUT2D eigenvalue weighted by Crippen LogP contribution is 2.38. The Balaban J connectivity index is 1.77. The van der Waals surface area contributed by atoms with E-state index in [2.05, 4.69) is 5.32 Å². The number of aromatic hydroxyl groups is 1. The molecule has 6 heteroatoms. The molecule has 2 N–H and O–H groups in total. The summed E-state index contributed by atoms with van der Waals surface area (Å²) in [4.78, 5) is 30.1. The lowest BCUT2D eigenvalue weighted by atomic mass is 10.0. The molecule has 0 fully saturated rings. The lowest BCUT2D eigenvalue weighted by Gasteiger charge is -2.16. The summed E-state index contributed by atoms with van der Waals surface area (Å²) in [6.07, 6.45) is 2.55. The molecule has 31 heavy (non-hydrogen) atoms. The lowest BCUT2D eigenvalue weighted by Crippen LogP contribution is -2.35. The van der Waals surface area contributed by atoms with Crippen LogP contribution in [0.25, 0.3) is 22.6 Å². The number of fused-ring (bicyclic) bond motifs is 2. The van der Waals surface area contributed by atoms with Crippen LogP contribution in [0, 0.1) is 0 Å². The van der Waals surface area contributed by atoms with Gasteiger partial charge in [-0.15, -0.1) is 0 Å². The Labute approximate surface area is 180 Å². The molecule has 1 aromatic heterocycles. The minimum Gasteiger partial charge on any atom is -0.508 e. The number of para-hydroxylation sites is 1. The number of hydrogen-bond acceptors (Lipinski definition) is 5. The van der Waals surface area contributed by atoms with Gasteiger partial charge in [-0.1, -0.05) is 30.3 Å². The van der Waals surface area contributed by atoms with E-state index < -0.39 is 12.1 Å². The summed E-state index contributed by atoms with van der Waals surface area (Å²) in [5.41, 5.74) is 4.78. The van der Waals surface area contributed by atoms with Crippen LogP contribution in [0.4, 0.5) is 0 Å². The Morgan fingerprint density at radius 3 is 2.65 bits per heavy atom. The number of allylic oxidation sites excluding steroid dienone is 1. The van der Waals surface area contributed by atoms with Gasteiger partial charge in [-0.05, 0) is 67.7 Å². The Kier molecular flexibility index (Phi) is 5.71. The van der Waals surface area contributed by atoms with E-state index in [-0.39, 0.29) is 11.7 Å². The number of hydrogen-bond donors (Lipinski definition) is 2. The van der Waals surface area contributed by atoms with Gasteiger partial charge in [0.05, 0.1) is 16.8 Å². The number of nitrogens with zero attached hydrogens (tertiary/aromatic N) is 1. The van der Waals surface area contributed by atoms with Gasteiger partial charge < -0.3 is 15.2 Å². The number of carbonyl (C=O) groups excluding carboxylic acids is 2. The topological polar surface area (TPSA) is 88.5 Å². The molecule has 1 aliphatic rings. The van der Waals surface area contributed by atoms with Crippen molar-refractivity contribution in [2.45, 2.75) is 32.8 Å². The van der Waals surface area contributed by atoms with E-state index in [1.165, 1.54) is 0 Å². The fraction of sp³-hybridized carbons (Fsp3) is 0.240. The molecule has 1 unspecified atom stereocenters. The lowest BCUT2D eigenvalue weighted by molar-refractivity contribution is -0.128. The number of likely N-dealkylation sites (N-methyl/N-ethyl adjacent to an activating group) is 1. The van der Waals surface area contributed by atoms with E-state index in [0.29, 0.717) is 24.0 Å². The van der Waals surface area contributed by atoms with Crippen LogP contribution in [0.2, 0.25) is 0 Å². The van der Waals surface area contributed by atoms with E-state index in [4.69, 9.17) is 9.72 Å². The quantitative estimate of drug-likeness (QED) is 0.611. The molecule has 0 spiro atoms. The Hall–Kier alpha value is -3.67. The molecule has 1 atom stereocenters. The Morgan fingerprint density at radius 1 is 1.16 bits per heavy atom. The molecule has 4 rings (SSSR count). The van der Waals surface area contributed by atoms with Gasteiger partial charge >= 0.3 is 5.97 Å². The number of pyridine rings is 1. The number of amides is 1. The van der Waals surface area contributed by atoms with Crippen LogP contribution in [0.15, 0.2) is 48.5 Å². The summed E-state index contributed by atoms with van der Waals surface area (Å²) >= 11 is 0. The standard InChI is InChI=1S/C25H24N2O4/c1-3-26-24(29)15(2)31-25(30)22-19-6-4-5-7-21(19)27-23-17(10-13-20(22)23)14-16-8-11-18(28)12-9-16/h4-9,11-12,14-15,28H,3,10,13H2,1-2H3,(H,26,29)/b17-14+. The van der Waals surface area contributed by atoms with Gasteiger partial charge in [-0.3, -0.25) is 4.79 Å². The highest BCUT2D eigenvalue weighted by molar-refractivity contribution is 6.07. The molecule has 158 valence electrons. The number of phenols is 1. The van der Waals surface area contributed by atoms with Crippen molar-refractivity contribution < 1.29 is 19.4 Å². The van der Waals surface area contributed by atoms with Crippen molar-refractivity contribution in [2.75, 3.05) is 6.54 Å². The first-order chi connectivity index (χ1) is 15.0. The van der Waals surface area contributed by atoms with Gasteiger partial charge in [-0.25, -0.2) is 9.78 Å². The van der Waals surface area contributed by atoms with Crippen LogP contribution >= 0.6 is 0 Å². The van der Waals surface area contributed by atoms with Gasteiger partial charge in [0.15, 0.2) is 6.10 Å². The predicted molar refractivity (Wildman–Crippen MR) is 120 cm³/mol. The molecule has 6 nitrogen and oxygen atoms in total. The summed E-state index contributed by atoms with van der Waals surface area (Å²) in [5.74, 6) is -0.623. The maximum atomic E-state index is 13.2. The summed E-state index contributed by atoms with van der Waals surface area (Å²) < 4.78 is 5.52. The Morgan fingerprint density at radius 2 is 1.90 bits per heavy atom. The molecule has 0 saturated heterocycles. The number of phenolic OH excluding ortho intramolecular Hbond substituents is 1. The second-order valence-electron chi connectivity index (χ2n) is 7.53. The zero-order valence-electron chi connectivity index (χ0n) is 17.5. The average Bonchev–Trinajstić information content (AvgIpc) is 3.15. The molecule has 0 aliphatic heterocycles. The van der Waals surface area contributed by atoms with E-state index in [0.717, 1.165) is 34.2 Å². The number of esters is 1. The first-order valence-electron chi connectivity index (χ1n) is 10.4. The van der Waals surface area contributed by atoms with Gasteiger partial charge in [0, 0.05) is 11.9 Å². The van der Waals surface area contributed by atoms with Crippen molar-refractivity contribution in [2.24, 2.45) is 0 Å². The molecule has 1 heterocycles. The van der Waals surface area contributed by atoms with Crippen LogP contribution < -0.4 is 5.32 Å². The predicted octanol–water partition coefficient (Wildman–Crippen LogP) is 4.11. The van der Waals surface area contributed by atoms with Crippen LogP contribution in [-0.2, 0) is 16.0 Å². The normalized spacial score (nSPS) is 15.0. The van der Waals surface area contributed by atoms with Crippen molar-refractivity contribution in [3.63, 3.8) is 0 Å². The number of ether oxygens (including phenoxy) is 1. The van der Waals surface area contributed by atoms with Crippen LogP contribution in [0.5, 0.6) is 5.75 Å². The largest absolute Gasteiger partial charge is 0.508 e. The second kappa shape index (κ2) is 8.60. The smallest absolute Gasteiger partial charge is 0.339 e. The first-order valence-corrected chi connectivity index (χ1v) is 10.4.